The molecule has 0 aliphatic heterocycles. The lowest BCUT2D eigenvalue weighted by Crippen LogP contribution is -2.56. The molecular weight excluding hydrogens is 490 g/mol. The average Bonchev–Trinajstić information content (AvgIpc) is 2.81. The van der Waals surface area contributed by atoms with Gasteiger partial charge >= 0.3 is 6.09 Å². The van der Waals surface area contributed by atoms with E-state index in [1.807, 2.05) is 46.8 Å². The summed E-state index contributed by atoms with van der Waals surface area (Å²) in [6.07, 6.45) is 11.3. The van der Waals surface area contributed by atoms with Crippen LogP contribution in [-0.2, 0) is 14.3 Å². The maximum absolute atomic E-state index is 14.3. The van der Waals surface area contributed by atoms with Gasteiger partial charge in [0.15, 0.2) is 0 Å². The van der Waals surface area contributed by atoms with Crippen LogP contribution in [0.4, 0.5) is 4.79 Å². The SMILES string of the molecule is C#Cc1ccccc1C(C(=O)NC(C)(C)C)N(CCCCCCCC)C(=O)C(NC(=O)OC(C)(C)C)C(C)C. The average molecular weight is 542 g/mol. The molecule has 2 N–H and O–H groups in total. The topological polar surface area (TPSA) is 87.7 Å². The number of terminal acetylenes is 1. The number of amides is 3. The maximum Gasteiger partial charge on any atom is 0.408 e. The number of carbonyl (C=O) groups is 3. The molecule has 0 heterocycles. The van der Waals surface area contributed by atoms with Crippen LogP contribution < -0.4 is 10.6 Å². The van der Waals surface area contributed by atoms with Gasteiger partial charge < -0.3 is 20.3 Å². The lowest BCUT2D eigenvalue weighted by molar-refractivity contribution is -0.144. The first kappa shape index (κ1) is 34.0. The Morgan fingerprint density at radius 1 is 0.974 bits per heavy atom. The van der Waals surface area contributed by atoms with Crippen molar-refractivity contribution in [3.05, 3.63) is 35.4 Å². The quantitative estimate of drug-likeness (QED) is 0.225. The molecule has 0 saturated heterocycles. The van der Waals surface area contributed by atoms with Crippen molar-refractivity contribution >= 4 is 17.9 Å². The van der Waals surface area contributed by atoms with Crippen molar-refractivity contribution < 1.29 is 19.1 Å². The zero-order valence-corrected chi connectivity index (χ0v) is 25.6. The molecule has 0 aliphatic carbocycles. The molecule has 1 aromatic carbocycles. The highest BCUT2D eigenvalue weighted by Gasteiger charge is 2.38. The maximum atomic E-state index is 14.3. The van der Waals surface area contributed by atoms with Crippen LogP contribution in [0.5, 0.6) is 0 Å². The van der Waals surface area contributed by atoms with Gasteiger partial charge in [-0.1, -0.05) is 77.0 Å². The van der Waals surface area contributed by atoms with Crippen molar-refractivity contribution in [3.8, 4) is 12.3 Å². The van der Waals surface area contributed by atoms with Gasteiger partial charge in [-0.15, -0.1) is 6.42 Å². The molecule has 7 heteroatoms. The van der Waals surface area contributed by atoms with E-state index in [9.17, 15) is 14.4 Å². The van der Waals surface area contributed by atoms with Gasteiger partial charge in [-0.25, -0.2) is 4.79 Å². The van der Waals surface area contributed by atoms with Crippen LogP contribution in [0, 0.1) is 18.3 Å². The third-order valence-corrected chi connectivity index (χ3v) is 6.11. The summed E-state index contributed by atoms with van der Waals surface area (Å²) in [5, 5.41) is 5.82. The number of nitrogens with one attached hydrogen (secondary N) is 2. The number of alkyl carbamates (subject to hydrolysis) is 1. The minimum absolute atomic E-state index is 0.244. The molecule has 0 radical (unpaired) electrons. The molecule has 0 saturated carbocycles. The van der Waals surface area contributed by atoms with Crippen molar-refractivity contribution in [2.45, 2.75) is 124 Å². The summed E-state index contributed by atoms with van der Waals surface area (Å²) in [6, 6.07) is 5.37. The Morgan fingerprint density at radius 2 is 1.56 bits per heavy atom. The first-order valence-corrected chi connectivity index (χ1v) is 14.3. The lowest BCUT2D eigenvalue weighted by Gasteiger charge is -2.37. The van der Waals surface area contributed by atoms with E-state index >= 15 is 0 Å². The Kier molecular flexibility index (Phi) is 13.6. The molecule has 0 bridgehead atoms. The minimum atomic E-state index is -0.957. The monoisotopic (exact) mass is 541 g/mol. The fraction of sp³-hybridized carbons (Fsp3) is 0.656. The van der Waals surface area contributed by atoms with E-state index in [1.54, 1.807) is 37.8 Å². The van der Waals surface area contributed by atoms with Crippen molar-refractivity contribution in [1.29, 1.82) is 0 Å². The van der Waals surface area contributed by atoms with Crippen LogP contribution in [0.3, 0.4) is 0 Å². The molecule has 3 amide bonds. The van der Waals surface area contributed by atoms with Crippen LogP contribution in [0.15, 0.2) is 24.3 Å². The zero-order valence-electron chi connectivity index (χ0n) is 25.6. The van der Waals surface area contributed by atoms with Gasteiger partial charge in [-0.05, 0) is 65.5 Å². The Balaban J connectivity index is 3.54. The number of carbonyl (C=O) groups excluding carboxylic acids is 3. The standard InChI is InChI=1S/C32H51N3O4/c1-11-13-14-15-16-19-22-35(29(37)26(23(3)4)33-30(38)39-32(8,9)10)27(28(36)34-31(5,6)7)25-21-18-17-20-24(25)12-2/h2,17-18,20-21,23,26-27H,11,13-16,19,22H2,1,3-10H3,(H,33,38)(H,34,36). The number of nitrogens with zero attached hydrogens (tertiary/aromatic N) is 1. The molecule has 0 aromatic heterocycles. The molecule has 0 aliphatic rings. The summed E-state index contributed by atoms with van der Waals surface area (Å²) in [5.41, 5.74) is -0.107. The number of benzene rings is 1. The van der Waals surface area contributed by atoms with E-state index in [0.29, 0.717) is 17.7 Å². The molecule has 0 fully saturated rings. The van der Waals surface area contributed by atoms with E-state index in [-0.39, 0.29) is 17.7 Å². The van der Waals surface area contributed by atoms with E-state index in [4.69, 9.17) is 11.2 Å². The smallest absolute Gasteiger partial charge is 0.408 e. The van der Waals surface area contributed by atoms with Crippen LogP contribution in [-0.4, -0.2) is 46.5 Å². The zero-order chi connectivity index (χ0) is 29.8. The Labute approximate surface area is 236 Å². The second-order valence-corrected chi connectivity index (χ2v) is 12.5. The molecule has 1 aromatic rings. The first-order valence-electron chi connectivity index (χ1n) is 14.3. The second-order valence-electron chi connectivity index (χ2n) is 12.5. The van der Waals surface area contributed by atoms with E-state index < -0.39 is 29.3 Å². The van der Waals surface area contributed by atoms with Crippen LogP contribution in [0.25, 0.3) is 0 Å². The molecule has 0 spiro atoms. The predicted octanol–water partition coefficient (Wildman–Crippen LogP) is 6.36. The molecular formula is C32H51N3O4. The van der Waals surface area contributed by atoms with Gasteiger partial charge in [0.1, 0.15) is 17.7 Å². The summed E-state index contributed by atoms with van der Waals surface area (Å²) in [5.74, 6) is 1.78. The molecule has 7 nitrogen and oxygen atoms in total. The van der Waals surface area contributed by atoms with Crippen LogP contribution >= 0.6 is 0 Å². The number of hydrogen-bond acceptors (Lipinski definition) is 4. The van der Waals surface area contributed by atoms with Crippen molar-refractivity contribution in [2.24, 2.45) is 5.92 Å². The van der Waals surface area contributed by atoms with Gasteiger partial charge in [-0.2, -0.15) is 0 Å². The Bertz CT molecular complexity index is 982. The Hall–Kier alpha value is -3.01. The van der Waals surface area contributed by atoms with Crippen LogP contribution in [0.1, 0.15) is 118 Å². The number of unbranched alkanes of at least 4 members (excludes halogenated alkanes) is 5. The highest BCUT2D eigenvalue weighted by Crippen LogP contribution is 2.28. The summed E-state index contributed by atoms with van der Waals surface area (Å²) in [7, 11) is 0. The summed E-state index contributed by atoms with van der Waals surface area (Å²) in [6.45, 7) is 17.3. The van der Waals surface area contributed by atoms with Gasteiger partial charge in [0, 0.05) is 17.6 Å². The highest BCUT2D eigenvalue weighted by atomic mass is 16.6. The fourth-order valence-corrected chi connectivity index (χ4v) is 4.31. The second kappa shape index (κ2) is 15.5. The van der Waals surface area contributed by atoms with Gasteiger partial charge in [0.05, 0.1) is 0 Å². The van der Waals surface area contributed by atoms with Crippen molar-refractivity contribution in [1.82, 2.24) is 15.5 Å². The van der Waals surface area contributed by atoms with Gasteiger partial charge in [0.25, 0.3) is 0 Å². The molecule has 1 rings (SSSR count). The van der Waals surface area contributed by atoms with E-state index in [1.165, 1.54) is 6.42 Å². The van der Waals surface area contributed by atoms with E-state index in [0.717, 1.165) is 32.1 Å². The summed E-state index contributed by atoms with van der Waals surface area (Å²) in [4.78, 5) is 42.4. The van der Waals surface area contributed by atoms with Gasteiger partial charge in [-0.3, -0.25) is 9.59 Å². The normalized spacial score (nSPS) is 13.3. The number of rotatable bonds is 13. The number of hydrogen-bond donors (Lipinski definition) is 2. The molecule has 218 valence electrons. The molecule has 2 atom stereocenters. The third kappa shape index (κ3) is 12.1. The fourth-order valence-electron chi connectivity index (χ4n) is 4.31. The summed E-state index contributed by atoms with van der Waals surface area (Å²) < 4.78 is 5.45. The van der Waals surface area contributed by atoms with Crippen molar-refractivity contribution in [2.75, 3.05) is 6.54 Å². The Morgan fingerprint density at radius 3 is 2.10 bits per heavy atom. The summed E-state index contributed by atoms with van der Waals surface area (Å²) >= 11 is 0. The predicted molar refractivity (Wildman–Crippen MR) is 158 cm³/mol. The first-order chi connectivity index (χ1) is 18.1. The highest BCUT2D eigenvalue weighted by molar-refractivity contribution is 5.93. The van der Waals surface area contributed by atoms with E-state index in [2.05, 4.69) is 23.5 Å². The molecule has 2 unspecified atom stereocenters. The van der Waals surface area contributed by atoms with Gasteiger partial charge in [0.2, 0.25) is 11.8 Å². The van der Waals surface area contributed by atoms with Crippen molar-refractivity contribution in [3.63, 3.8) is 0 Å². The minimum Gasteiger partial charge on any atom is -0.444 e. The third-order valence-electron chi connectivity index (χ3n) is 6.11. The largest absolute Gasteiger partial charge is 0.444 e. The lowest BCUT2D eigenvalue weighted by atomic mass is 9.94. The molecule has 39 heavy (non-hydrogen) atoms. The van der Waals surface area contributed by atoms with Crippen LogP contribution in [0.2, 0.25) is 0 Å². The number of ether oxygens (including phenoxy) is 1.